The summed E-state index contributed by atoms with van der Waals surface area (Å²) in [4.78, 5) is 0. The maximum absolute atomic E-state index is 5.58. The molecule has 1 aromatic carbocycles. The first-order valence-corrected chi connectivity index (χ1v) is 7.58. The zero-order chi connectivity index (χ0) is 13.9. The third-order valence-electron chi connectivity index (χ3n) is 4.64. The Morgan fingerprint density at radius 2 is 2.05 bits per heavy atom. The maximum Gasteiger partial charge on any atom is 0.123 e. The number of nitrogens with one attached hydrogen (secondary N) is 1. The second-order valence-electron chi connectivity index (χ2n) is 5.84. The highest BCUT2D eigenvalue weighted by atomic mass is 16.5. The van der Waals surface area contributed by atoms with E-state index in [-0.39, 0.29) is 5.54 Å². The predicted molar refractivity (Wildman–Crippen MR) is 80.9 cm³/mol. The zero-order valence-corrected chi connectivity index (χ0v) is 12.8. The minimum absolute atomic E-state index is 0.0768. The van der Waals surface area contributed by atoms with E-state index in [1.165, 1.54) is 36.8 Å². The Hall–Kier alpha value is -1.02. The van der Waals surface area contributed by atoms with Gasteiger partial charge in [-0.3, -0.25) is 0 Å². The van der Waals surface area contributed by atoms with Gasteiger partial charge in [0.05, 0.1) is 7.11 Å². The Kier molecular flexibility index (Phi) is 4.51. The number of methoxy groups -OCH3 is 1. The summed E-state index contributed by atoms with van der Waals surface area (Å²) in [6.07, 6.45) is 4.84. The van der Waals surface area contributed by atoms with Gasteiger partial charge in [-0.15, -0.1) is 0 Å². The van der Waals surface area contributed by atoms with Crippen molar-refractivity contribution in [3.8, 4) is 5.75 Å². The van der Waals surface area contributed by atoms with Gasteiger partial charge in [0.2, 0.25) is 0 Å². The molecule has 0 bridgehead atoms. The Bertz CT molecular complexity index is 417. The number of rotatable bonds is 5. The molecule has 1 aromatic rings. The predicted octanol–water partition coefficient (Wildman–Crippen LogP) is 4.20. The van der Waals surface area contributed by atoms with E-state index in [0.717, 1.165) is 12.3 Å². The Labute approximate surface area is 117 Å². The van der Waals surface area contributed by atoms with Gasteiger partial charge in [0.15, 0.2) is 0 Å². The van der Waals surface area contributed by atoms with Crippen LogP contribution in [0.4, 0.5) is 0 Å². The van der Waals surface area contributed by atoms with Gasteiger partial charge in [-0.1, -0.05) is 19.9 Å². The van der Waals surface area contributed by atoms with E-state index in [0.29, 0.717) is 5.92 Å². The first-order valence-electron chi connectivity index (χ1n) is 7.58. The lowest BCUT2D eigenvalue weighted by Gasteiger charge is -2.28. The highest BCUT2D eigenvalue weighted by Gasteiger charge is 2.33. The normalized spacial score (nSPS) is 23.0. The number of hydrogen-bond donors (Lipinski definition) is 1. The van der Waals surface area contributed by atoms with Crippen molar-refractivity contribution in [2.45, 2.75) is 57.9 Å². The average molecular weight is 261 g/mol. The SMILES string of the molecule is CCC(CC)c1ccc(OC)c(C2(C)CCCN2)c1. The minimum atomic E-state index is 0.0768. The van der Waals surface area contributed by atoms with E-state index in [4.69, 9.17) is 4.74 Å². The van der Waals surface area contributed by atoms with Crippen molar-refractivity contribution in [1.29, 1.82) is 0 Å². The quantitative estimate of drug-likeness (QED) is 0.858. The molecule has 2 nitrogen and oxygen atoms in total. The maximum atomic E-state index is 5.58. The van der Waals surface area contributed by atoms with Gasteiger partial charge in [0.25, 0.3) is 0 Å². The molecule has 0 saturated carbocycles. The summed E-state index contributed by atoms with van der Waals surface area (Å²) < 4.78 is 5.58. The van der Waals surface area contributed by atoms with Gasteiger partial charge in [0, 0.05) is 11.1 Å². The average Bonchev–Trinajstić information content (AvgIpc) is 2.88. The molecule has 19 heavy (non-hydrogen) atoms. The van der Waals surface area contributed by atoms with Crippen LogP contribution in [-0.4, -0.2) is 13.7 Å². The van der Waals surface area contributed by atoms with Crippen LogP contribution < -0.4 is 10.1 Å². The molecule has 1 fully saturated rings. The monoisotopic (exact) mass is 261 g/mol. The van der Waals surface area contributed by atoms with E-state index in [1.807, 2.05) is 0 Å². The molecule has 1 atom stereocenters. The lowest BCUT2D eigenvalue weighted by Crippen LogP contribution is -2.33. The van der Waals surface area contributed by atoms with Crippen molar-refractivity contribution >= 4 is 0 Å². The van der Waals surface area contributed by atoms with Crippen molar-refractivity contribution in [3.63, 3.8) is 0 Å². The van der Waals surface area contributed by atoms with Gasteiger partial charge < -0.3 is 10.1 Å². The summed E-state index contributed by atoms with van der Waals surface area (Å²) in [5.41, 5.74) is 2.86. The van der Waals surface area contributed by atoms with Crippen molar-refractivity contribution in [1.82, 2.24) is 5.32 Å². The molecule has 0 aliphatic carbocycles. The molecule has 0 spiro atoms. The Balaban J connectivity index is 2.42. The van der Waals surface area contributed by atoms with E-state index in [1.54, 1.807) is 7.11 Å². The van der Waals surface area contributed by atoms with Crippen LogP contribution in [0.1, 0.15) is 63.5 Å². The van der Waals surface area contributed by atoms with Gasteiger partial charge in [0.1, 0.15) is 5.75 Å². The topological polar surface area (TPSA) is 21.3 Å². The van der Waals surface area contributed by atoms with Crippen LogP contribution in [0, 0.1) is 0 Å². The van der Waals surface area contributed by atoms with Crippen molar-refractivity contribution < 1.29 is 4.74 Å². The minimum Gasteiger partial charge on any atom is -0.496 e. The van der Waals surface area contributed by atoms with Crippen LogP contribution in [0.25, 0.3) is 0 Å². The largest absolute Gasteiger partial charge is 0.496 e. The van der Waals surface area contributed by atoms with E-state index in [9.17, 15) is 0 Å². The molecular weight excluding hydrogens is 234 g/mol. The summed E-state index contributed by atoms with van der Waals surface area (Å²) in [5.74, 6) is 1.68. The molecule has 0 radical (unpaired) electrons. The second kappa shape index (κ2) is 5.96. The smallest absolute Gasteiger partial charge is 0.123 e. The van der Waals surface area contributed by atoms with Gasteiger partial charge in [-0.2, -0.15) is 0 Å². The van der Waals surface area contributed by atoms with Crippen LogP contribution in [0.2, 0.25) is 0 Å². The van der Waals surface area contributed by atoms with Crippen LogP contribution in [0.5, 0.6) is 5.75 Å². The third kappa shape index (κ3) is 2.79. The fourth-order valence-electron chi connectivity index (χ4n) is 3.30. The summed E-state index contributed by atoms with van der Waals surface area (Å²) in [6, 6.07) is 6.75. The second-order valence-corrected chi connectivity index (χ2v) is 5.84. The van der Waals surface area contributed by atoms with E-state index in [2.05, 4.69) is 44.3 Å². The molecular formula is C17H27NO. The molecule has 1 unspecified atom stereocenters. The zero-order valence-electron chi connectivity index (χ0n) is 12.8. The van der Waals surface area contributed by atoms with Gasteiger partial charge in [-0.05, 0) is 62.8 Å². The molecule has 1 saturated heterocycles. The Morgan fingerprint density at radius 3 is 2.58 bits per heavy atom. The van der Waals surface area contributed by atoms with Crippen molar-refractivity contribution in [2.24, 2.45) is 0 Å². The molecule has 1 heterocycles. The van der Waals surface area contributed by atoms with Crippen molar-refractivity contribution in [2.75, 3.05) is 13.7 Å². The van der Waals surface area contributed by atoms with Gasteiger partial charge in [-0.25, -0.2) is 0 Å². The highest BCUT2D eigenvalue weighted by molar-refractivity contribution is 5.43. The van der Waals surface area contributed by atoms with E-state index < -0.39 is 0 Å². The summed E-state index contributed by atoms with van der Waals surface area (Å²) in [5, 5.41) is 3.65. The van der Waals surface area contributed by atoms with Crippen LogP contribution in [-0.2, 0) is 5.54 Å². The first-order chi connectivity index (χ1) is 9.14. The highest BCUT2D eigenvalue weighted by Crippen LogP contribution is 2.38. The molecule has 2 heteroatoms. The van der Waals surface area contributed by atoms with Crippen LogP contribution in [0.15, 0.2) is 18.2 Å². The summed E-state index contributed by atoms with van der Waals surface area (Å²) >= 11 is 0. The molecule has 2 rings (SSSR count). The fraction of sp³-hybridized carbons (Fsp3) is 0.647. The molecule has 0 aromatic heterocycles. The number of benzene rings is 1. The van der Waals surface area contributed by atoms with Crippen LogP contribution >= 0.6 is 0 Å². The third-order valence-corrected chi connectivity index (χ3v) is 4.64. The standard InChI is InChI=1S/C17H27NO/c1-5-13(6-2)14-8-9-16(19-4)15(12-14)17(3)10-7-11-18-17/h8-9,12-13,18H,5-7,10-11H2,1-4H3. The summed E-state index contributed by atoms with van der Waals surface area (Å²) in [6.45, 7) is 7.95. The van der Waals surface area contributed by atoms with Crippen LogP contribution in [0.3, 0.4) is 0 Å². The molecule has 0 amide bonds. The lowest BCUT2D eigenvalue weighted by molar-refractivity contribution is 0.370. The fourth-order valence-corrected chi connectivity index (χ4v) is 3.30. The Morgan fingerprint density at radius 1 is 1.32 bits per heavy atom. The lowest BCUT2D eigenvalue weighted by atomic mass is 9.85. The summed E-state index contributed by atoms with van der Waals surface area (Å²) in [7, 11) is 1.77. The molecule has 1 aliphatic heterocycles. The van der Waals surface area contributed by atoms with E-state index >= 15 is 0 Å². The molecule has 1 aliphatic rings. The van der Waals surface area contributed by atoms with Crippen molar-refractivity contribution in [3.05, 3.63) is 29.3 Å². The number of hydrogen-bond acceptors (Lipinski definition) is 2. The molecule has 1 N–H and O–H groups in total. The number of ether oxygens (including phenoxy) is 1. The first kappa shape index (κ1) is 14.4. The van der Waals surface area contributed by atoms with Gasteiger partial charge >= 0.3 is 0 Å². The molecule has 106 valence electrons.